The average Bonchev–Trinajstić information content (AvgIpc) is 2.93. The monoisotopic (exact) mass is 336 g/mol. The van der Waals surface area contributed by atoms with Crippen LogP contribution < -0.4 is 4.72 Å². The van der Waals surface area contributed by atoms with Crippen molar-refractivity contribution < 1.29 is 21.4 Å². The van der Waals surface area contributed by atoms with Crippen molar-refractivity contribution in [3.05, 3.63) is 17.5 Å². The Morgan fingerprint density at radius 1 is 1.48 bits per heavy atom. The lowest BCUT2D eigenvalue weighted by Gasteiger charge is -2.09. The lowest BCUT2D eigenvalue weighted by molar-refractivity contribution is 0.371. The summed E-state index contributed by atoms with van der Waals surface area (Å²) in [5.41, 5.74) is 0.780. The Hall–Kier alpha value is -0.930. The first kappa shape index (κ1) is 16.4. The summed E-state index contributed by atoms with van der Waals surface area (Å²) in [5.74, 6) is 0.481. The average molecular weight is 336 g/mol. The Bertz CT molecular complexity index is 691. The number of hydrogen-bond donors (Lipinski definition) is 1. The summed E-state index contributed by atoms with van der Waals surface area (Å²) in [6, 6.07) is 1.72. The molecule has 7 nitrogen and oxygen atoms in total. The fraction of sp³-hybridized carbons (Fsp3) is 0.750. The molecule has 2 heterocycles. The van der Waals surface area contributed by atoms with Gasteiger partial charge in [0.2, 0.25) is 10.0 Å². The highest BCUT2D eigenvalue weighted by Gasteiger charge is 2.37. The molecule has 0 saturated carbocycles. The SMILES string of the molecule is CC(C)Cc1cc(CNS(=O)(=O)[C@@H]2CCS(=O)(=O)C2)on1. The molecule has 0 unspecified atom stereocenters. The molecular weight excluding hydrogens is 316 g/mol. The van der Waals surface area contributed by atoms with E-state index in [9.17, 15) is 16.8 Å². The van der Waals surface area contributed by atoms with Crippen molar-refractivity contribution in [3.63, 3.8) is 0 Å². The second kappa shape index (κ2) is 6.05. The molecule has 21 heavy (non-hydrogen) atoms. The van der Waals surface area contributed by atoms with Gasteiger partial charge in [-0.2, -0.15) is 0 Å². The molecule has 1 fully saturated rings. The van der Waals surface area contributed by atoms with Gasteiger partial charge in [-0.3, -0.25) is 0 Å². The zero-order valence-corrected chi connectivity index (χ0v) is 13.7. The van der Waals surface area contributed by atoms with Gasteiger partial charge in [-0.05, 0) is 18.8 Å². The number of nitrogens with one attached hydrogen (secondary N) is 1. The highest BCUT2D eigenvalue weighted by atomic mass is 32.2. The van der Waals surface area contributed by atoms with Gasteiger partial charge in [-0.25, -0.2) is 21.6 Å². The molecule has 0 aromatic carbocycles. The van der Waals surface area contributed by atoms with E-state index < -0.39 is 25.1 Å². The van der Waals surface area contributed by atoms with Gasteiger partial charge in [-0.1, -0.05) is 19.0 Å². The van der Waals surface area contributed by atoms with Crippen molar-refractivity contribution in [1.29, 1.82) is 0 Å². The summed E-state index contributed by atoms with van der Waals surface area (Å²) in [4.78, 5) is 0. The predicted octanol–water partition coefficient (Wildman–Crippen LogP) is 0.480. The minimum absolute atomic E-state index is 0.00994. The lowest BCUT2D eigenvalue weighted by atomic mass is 10.1. The fourth-order valence-corrected chi connectivity index (χ4v) is 6.29. The topological polar surface area (TPSA) is 106 Å². The second-order valence-electron chi connectivity index (χ2n) is 5.77. The van der Waals surface area contributed by atoms with E-state index in [1.165, 1.54) is 0 Å². The summed E-state index contributed by atoms with van der Waals surface area (Å²) < 4.78 is 54.2. The summed E-state index contributed by atoms with van der Waals surface area (Å²) in [7, 11) is -6.89. The van der Waals surface area contributed by atoms with E-state index in [0.717, 1.165) is 12.1 Å². The van der Waals surface area contributed by atoms with Gasteiger partial charge in [-0.15, -0.1) is 0 Å². The largest absolute Gasteiger partial charge is 0.360 e. The van der Waals surface area contributed by atoms with Crippen molar-refractivity contribution in [2.24, 2.45) is 5.92 Å². The maximum absolute atomic E-state index is 12.0. The summed E-state index contributed by atoms with van der Waals surface area (Å²) in [6.07, 6.45) is 0.907. The zero-order chi connectivity index (χ0) is 15.7. The van der Waals surface area contributed by atoms with Crippen LogP contribution in [0.2, 0.25) is 0 Å². The van der Waals surface area contributed by atoms with E-state index >= 15 is 0 Å². The zero-order valence-electron chi connectivity index (χ0n) is 12.1. The third-order valence-corrected chi connectivity index (χ3v) is 7.11. The van der Waals surface area contributed by atoms with Crippen LogP contribution in [0.3, 0.4) is 0 Å². The highest BCUT2D eigenvalue weighted by molar-refractivity contribution is 7.95. The molecule has 1 saturated heterocycles. The van der Waals surface area contributed by atoms with E-state index in [1.807, 2.05) is 0 Å². The quantitative estimate of drug-likeness (QED) is 0.810. The van der Waals surface area contributed by atoms with Gasteiger partial charge in [0, 0.05) is 6.07 Å². The number of sulfonamides is 1. The first-order valence-corrected chi connectivity index (χ1v) is 10.2. The molecule has 9 heteroatoms. The lowest BCUT2D eigenvalue weighted by Crippen LogP contribution is -2.34. The molecule has 1 aromatic heterocycles. The predicted molar refractivity (Wildman–Crippen MR) is 77.9 cm³/mol. The van der Waals surface area contributed by atoms with Crippen LogP contribution in [0.25, 0.3) is 0 Å². The van der Waals surface area contributed by atoms with E-state index in [-0.39, 0.29) is 24.5 Å². The van der Waals surface area contributed by atoms with E-state index in [1.54, 1.807) is 6.07 Å². The minimum Gasteiger partial charge on any atom is -0.360 e. The molecule has 1 aliphatic rings. The van der Waals surface area contributed by atoms with Crippen molar-refractivity contribution in [1.82, 2.24) is 9.88 Å². The van der Waals surface area contributed by atoms with Crippen LogP contribution in [-0.2, 0) is 32.8 Å². The van der Waals surface area contributed by atoms with Gasteiger partial charge in [0.15, 0.2) is 15.6 Å². The number of sulfone groups is 1. The van der Waals surface area contributed by atoms with E-state index in [4.69, 9.17) is 4.52 Å². The summed E-state index contributed by atoms with van der Waals surface area (Å²) in [5, 5.41) is 3.00. The Morgan fingerprint density at radius 3 is 2.76 bits per heavy atom. The molecule has 0 spiro atoms. The van der Waals surface area contributed by atoms with Crippen molar-refractivity contribution in [2.75, 3.05) is 11.5 Å². The first-order chi connectivity index (χ1) is 9.68. The highest BCUT2D eigenvalue weighted by Crippen LogP contribution is 2.18. The van der Waals surface area contributed by atoms with Crippen LogP contribution in [-0.4, -0.2) is 38.7 Å². The van der Waals surface area contributed by atoms with Gasteiger partial charge >= 0.3 is 0 Å². The summed E-state index contributed by atoms with van der Waals surface area (Å²) in [6.45, 7) is 4.10. The molecule has 2 rings (SSSR count). The smallest absolute Gasteiger partial charge is 0.215 e. The van der Waals surface area contributed by atoms with Crippen LogP contribution >= 0.6 is 0 Å². The molecule has 1 aromatic rings. The van der Waals surface area contributed by atoms with Crippen LogP contribution in [0.4, 0.5) is 0 Å². The standard InChI is InChI=1S/C12H20N2O5S2/c1-9(2)5-10-6-11(19-14-10)7-13-21(17,18)12-3-4-20(15,16)8-12/h6,9,12-13H,3-5,7-8H2,1-2H3/t12-/m1/s1. The Morgan fingerprint density at radius 2 is 2.19 bits per heavy atom. The molecule has 0 radical (unpaired) electrons. The van der Waals surface area contributed by atoms with Crippen LogP contribution in [0.15, 0.2) is 10.6 Å². The molecule has 1 atom stereocenters. The fourth-order valence-electron chi connectivity index (χ4n) is 2.25. The van der Waals surface area contributed by atoms with E-state index in [0.29, 0.717) is 11.7 Å². The first-order valence-electron chi connectivity index (χ1n) is 6.81. The second-order valence-corrected chi connectivity index (χ2v) is 10.0. The molecule has 1 N–H and O–H groups in total. The third kappa shape index (κ3) is 4.52. The maximum Gasteiger partial charge on any atom is 0.215 e. The molecular formula is C12H20N2O5S2. The van der Waals surface area contributed by atoms with Crippen molar-refractivity contribution >= 4 is 19.9 Å². The Labute approximate surface area is 125 Å². The van der Waals surface area contributed by atoms with Crippen LogP contribution in [0, 0.1) is 5.92 Å². The molecule has 0 amide bonds. The Balaban J connectivity index is 1.94. The third-order valence-electron chi connectivity index (χ3n) is 3.30. The number of aromatic nitrogens is 1. The molecule has 120 valence electrons. The van der Waals surface area contributed by atoms with Gasteiger partial charge in [0.25, 0.3) is 0 Å². The van der Waals surface area contributed by atoms with Gasteiger partial charge in [0.1, 0.15) is 0 Å². The Kier molecular flexibility index (Phi) is 4.74. The van der Waals surface area contributed by atoms with Crippen molar-refractivity contribution in [3.8, 4) is 0 Å². The molecule has 0 aliphatic carbocycles. The molecule has 0 bridgehead atoms. The van der Waals surface area contributed by atoms with Crippen molar-refractivity contribution in [2.45, 2.75) is 38.5 Å². The maximum atomic E-state index is 12.0. The van der Waals surface area contributed by atoms with Gasteiger partial charge in [0.05, 0.1) is 29.0 Å². The normalized spacial score (nSPS) is 22.0. The van der Waals surface area contributed by atoms with Crippen LogP contribution in [0.1, 0.15) is 31.7 Å². The number of hydrogen-bond acceptors (Lipinski definition) is 6. The van der Waals surface area contributed by atoms with Gasteiger partial charge < -0.3 is 4.52 Å². The summed E-state index contributed by atoms with van der Waals surface area (Å²) >= 11 is 0. The van der Waals surface area contributed by atoms with E-state index in [2.05, 4.69) is 23.7 Å². The minimum atomic E-state index is -3.66. The molecule has 1 aliphatic heterocycles. The van der Waals surface area contributed by atoms with Crippen LogP contribution in [0.5, 0.6) is 0 Å². The number of nitrogens with zero attached hydrogens (tertiary/aromatic N) is 1. The number of rotatable bonds is 6.